The number of rotatable bonds is 5. The van der Waals surface area contributed by atoms with Gasteiger partial charge < -0.3 is 10.6 Å². The maximum absolute atomic E-state index is 12.3. The van der Waals surface area contributed by atoms with Crippen LogP contribution in [0.15, 0.2) is 18.2 Å². The summed E-state index contributed by atoms with van der Waals surface area (Å²) in [7, 11) is -3.71. The number of primary amides is 1. The van der Waals surface area contributed by atoms with Crippen LogP contribution >= 0.6 is 23.2 Å². The highest BCUT2D eigenvalue weighted by molar-refractivity contribution is 7.91. The molecule has 0 radical (unpaired) electrons. The summed E-state index contributed by atoms with van der Waals surface area (Å²) in [5.41, 5.74) is 5.53. The fourth-order valence-corrected chi connectivity index (χ4v) is 4.74. The Labute approximate surface area is 150 Å². The molecule has 0 aromatic heterocycles. The van der Waals surface area contributed by atoms with E-state index in [1.807, 2.05) is 0 Å². The lowest BCUT2D eigenvalue weighted by Gasteiger charge is -2.30. The Morgan fingerprint density at radius 3 is 2.21 bits per heavy atom. The van der Waals surface area contributed by atoms with Gasteiger partial charge >= 0.3 is 0 Å². The Morgan fingerprint density at radius 1 is 1.17 bits per heavy atom. The second-order valence-corrected chi connectivity index (χ2v) is 8.67. The van der Waals surface area contributed by atoms with Crippen LogP contribution in [0.4, 0.5) is 0 Å². The summed E-state index contributed by atoms with van der Waals surface area (Å²) < 4.78 is 24.6. The topological polar surface area (TPSA) is 97.5 Å². The molecule has 1 aliphatic rings. The molecule has 1 aromatic rings. The van der Waals surface area contributed by atoms with Crippen molar-refractivity contribution in [1.29, 1.82) is 0 Å². The molecule has 1 fully saturated rings. The normalized spacial score (nSPS) is 16.2. The van der Waals surface area contributed by atoms with E-state index in [1.54, 1.807) is 18.2 Å². The third kappa shape index (κ3) is 4.84. The smallest absolute Gasteiger partial charge is 0.237 e. The average Bonchev–Trinajstić information content (AvgIpc) is 2.51. The standard InChI is InChI=1S/C15H18Cl2N2O4S/c16-12-2-1-3-13(17)11(12)8-24(22,23)9-14(20)19-6-4-10(5-7-19)15(18)21/h1-3,10H,4-9H2,(H2,18,21). The van der Waals surface area contributed by atoms with Gasteiger partial charge in [0, 0.05) is 34.6 Å². The summed E-state index contributed by atoms with van der Waals surface area (Å²) in [5.74, 6) is -2.14. The summed E-state index contributed by atoms with van der Waals surface area (Å²) in [6, 6.07) is 4.72. The number of benzene rings is 1. The molecule has 1 saturated heterocycles. The largest absolute Gasteiger partial charge is 0.369 e. The molecule has 9 heteroatoms. The van der Waals surface area contributed by atoms with E-state index in [0.717, 1.165) is 0 Å². The first-order chi connectivity index (χ1) is 11.2. The van der Waals surface area contributed by atoms with Gasteiger partial charge in [-0.1, -0.05) is 29.3 Å². The molecule has 0 aliphatic carbocycles. The number of sulfone groups is 1. The average molecular weight is 393 g/mol. The summed E-state index contributed by atoms with van der Waals surface area (Å²) >= 11 is 12.0. The highest BCUT2D eigenvalue weighted by atomic mass is 35.5. The van der Waals surface area contributed by atoms with Crippen LogP contribution in [0.1, 0.15) is 18.4 Å². The van der Waals surface area contributed by atoms with Crippen molar-refractivity contribution in [1.82, 2.24) is 4.90 Å². The number of carbonyl (C=O) groups is 2. The number of hydrogen-bond donors (Lipinski definition) is 1. The molecule has 2 rings (SSSR count). The Hall–Kier alpha value is -1.31. The Balaban J connectivity index is 1.99. The molecule has 2 amide bonds. The van der Waals surface area contributed by atoms with Crippen LogP contribution in [0.25, 0.3) is 0 Å². The fraction of sp³-hybridized carbons (Fsp3) is 0.467. The molecule has 0 unspecified atom stereocenters. The van der Waals surface area contributed by atoms with E-state index in [4.69, 9.17) is 28.9 Å². The van der Waals surface area contributed by atoms with Gasteiger partial charge in [-0.25, -0.2) is 8.42 Å². The number of amides is 2. The summed E-state index contributed by atoms with van der Waals surface area (Å²) in [4.78, 5) is 24.8. The second-order valence-electron chi connectivity index (χ2n) is 5.79. The molecule has 132 valence electrons. The van der Waals surface area contributed by atoms with Crippen molar-refractivity contribution in [3.05, 3.63) is 33.8 Å². The third-order valence-electron chi connectivity index (χ3n) is 4.02. The van der Waals surface area contributed by atoms with Gasteiger partial charge in [-0.3, -0.25) is 9.59 Å². The third-order valence-corrected chi connectivity index (χ3v) is 6.14. The molecule has 0 atom stereocenters. The number of hydrogen-bond acceptors (Lipinski definition) is 4. The van der Waals surface area contributed by atoms with E-state index >= 15 is 0 Å². The van der Waals surface area contributed by atoms with E-state index < -0.39 is 27.3 Å². The molecule has 0 bridgehead atoms. The predicted molar refractivity (Wildman–Crippen MR) is 92.5 cm³/mol. The maximum atomic E-state index is 12.3. The number of carbonyl (C=O) groups excluding carboxylic acids is 2. The number of nitrogens with two attached hydrogens (primary N) is 1. The van der Waals surface area contributed by atoms with E-state index in [0.29, 0.717) is 31.5 Å². The Bertz CT molecular complexity index is 724. The van der Waals surface area contributed by atoms with Crippen molar-refractivity contribution in [3.63, 3.8) is 0 Å². The molecule has 1 heterocycles. The number of piperidine rings is 1. The van der Waals surface area contributed by atoms with E-state index in [2.05, 4.69) is 0 Å². The van der Waals surface area contributed by atoms with Crippen LogP contribution in [0.2, 0.25) is 10.0 Å². The monoisotopic (exact) mass is 392 g/mol. The zero-order chi connectivity index (χ0) is 17.9. The lowest BCUT2D eigenvalue weighted by atomic mass is 9.96. The first-order valence-corrected chi connectivity index (χ1v) is 9.98. The zero-order valence-electron chi connectivity index (χ0n) is 12.9. The number of likely N-dealkylation sites (tertiary alicyclic amines) is 1. The molecule has 1 aliphatic heterocycles. The van der Waals surface area contributed by atoms with Crippen molar-refractivity contribution in [2.75, 3.05) is 18.8 Å². The fourth-order valence-electron chi connectivity index (χ4n) is 2.63. The van der Waals surface area contributed by atoms with Gasteiger partial charge in [-0.15, -0.1) is 0 Å². The molecule has 1 aromatic carbocycles. The first-order valence-electron chi connectivity index (χ1n) is 7.40. The summed E-state index contributed by atoms with van der Waals surface area (Å²) in [6.45, 7) is 0.656. The van der Waals surface area contributed by atoms with Gasteiger partial charge in [0.15, 0.2) is 9.84 Å². The van der Waals surface area contributed by atoms with E-state index in [-0.39, 0.29) is 21.9 Å². The maximum Gasteiger partial charge on any atom is 0.237 e. The van der Waals surface area contributed by atoms with Gasteiger partial charge in [0.1, 0.15) is 5.75 Å². The van der Waals surface area contributed by atoms with Crippen LogP contribution < -0.4 is 5.73 Å². The zero-order valence-corrected chi connectivity index (χ0v) is 15.2. The van der Waals surface area contributed by atoms with Crippen LogP contribution in [0.5, 0.6) is 0 Å². The summed E-state index contributed by atoms with van der Waals surface area (Å²) in [6.07, 6.45) is 0.912. The van der Waals surface area contributed by atoms with Crippen LogP contribution in [0, 0.1) is 5.92 Å². The quantitative estimate of drug-likeness (QED) is 0.822. The SMILES string of the molecule is NC(=O)C1CCN(C(=O)CS(=O)(=O)Cc2c(Cl)cccc2Cl)CC1. The minimum absolute atomic E-state index is 0.251. The number of nitrogens with zero attached hydrogens (tertiary/aromatic N) is 1. The van der Waals surface area contributed by atoms with Gasteiger partial charge in [-0.2, -0.15) is 0 Å². The van der Waals surface area contributed by atoms with Crippen LogP contribution in [-0.4, -0.2) is 44.0 Å². The first kappa shape index (κ1) is 19.0. The van der Waals surface area contributed by atoms with Crippen molar-refractivity contribution in [2.45, 2.75) is 18.6 Å². The Morgan fingerprint density at radius 2 is 1.71 bits per heavy atom. The predicted octanol–water partition coefficient (Wildman–Crippen LogP) is 1.63. The lowest BCUT2D eigenvalue weighted by molar-refractivity contribution is -0.132. The highest BCUT2D eigenvalue weighted by Crippen LogP contribution is 2.26. The summed E-state index contributed by atoms with van der Waals surface area (Å²) in [5, 5.41) is 0.501. The highest BCUT2D eigenvalue weighted by Gasteiger charge is 2.29. The molecular formula is C15H18Cl2N2O4S. The molecular weight excluding hydrogens is 375 g/mol. The molecule has 6 nitrogen and oxygen atoms in total. The Kier molecular flexibility index (Phi) is 6.11. The van der Waals surface area contributed by atoms with Crippen molar-refractivity contribution >= 4 is 44.9 Å². The molecule has 24 heavy (non-hydrogen) atoms. The van der Waals surface area contributed by atoms with Crippen LogP contribution in [0.3, 0.4) is 0 Å². The molecule has 2 N–H and O–H groups in total. The van der Waals surface area contributed by atoms with Crippen molar-refractivity contribution < 1.29 is 18.0 Å². The van der Waals surface area contributed by atoms with Crippen molar-refractivity contribution in [3.8, 4) is 0 Å². The second kappa shape index (κ2) is 7.72. The molecule has 0 spiro atoms. The molecule has 0 saturated carbocycles. The lowest BCUT2D eigenvalue weighted by Crippen LogP contribution is -2.44. The van der Waals surface area contributed by atoms with Gasteiger partial charge in [0.2, 0.25) is 11.8 Å². The minimum Gasteiger partial charge on any atom is -0.369 e. The number of halogens is 2. The van der Waals surface area contributed by atoms with Crippen LogP contribution in [-0.2, 0) is 25.2 Å². The van der Waals surface area contributed by atoms with Gasteiger partial charge in [0.05, 0.1) is 5.75 Å². The minimum atomic E-state index is -3.71. The van der Waals surface area contributed by atoms with E-state index in [9.17, 15) is 18.0 Å². The van der Waals surface area contributed by atoms with Gasteiger partial charge in [-0.05, 0) is 25.0 Å². The van der Waals surface area contributed by atoms with Crippen molar-refractivity contribution in [2.24, 2.45) is 11.7 Å². The van der Waals surface area contributed by atoms with Gasteiger partial charge in [0.25, 0.3) is 0 Å². The van der Waals surface area contributed by atoms with E-state index in [1.165, 1.54) is 4.90 Å².